The summed E-state index contributed by atoms with van der Waals surface area (Å²) in [5, 5.41) is 3.96. The van der Waals surface area contributed by atoms with Gasteiger partial charge in [-0.3, -0.25) is 14.7 Å². The number of rotatable bonds is 7. The Kier molecular flexibility index (Phi) is 6.04. The standard InChI is InChI=1S/C22H25N3O2/c1-16-7-4-8-18(15-16)27-14-13-25(3)17(2)22(26)24-21-11-5-10-20-19(21)9-6-12-23-20/h4-12,15,17H,13-14H2,1-3H3,(H,24,26). The highest BCUT2D eigenvalue weighted by Gasteiger charge is 2.18. The summed E-state index contributed by atoms with van der Waals surface area (Å²) in [6, 6.07) is 17.2. The number of nitrogens with one attached hydrogen (secondary N) is 1. The van der Waals surface area contributed by atoms with Crippen molar-refractivity contribution in [3.05, 3.63) is 66.4 Å². The number of fused-ring (bicyclic) bond motifs is 1. The van der Waals surface area contributed by atoms with Gasteiger partial charge in [-0.15, -0.1) is 0 Å². The van der Waals surface area contributed by atoms with E-state index < -0.39 is 0 Å². The number of benzene rings is 2. The zero-order chi connectivity index (χ0) is 19.2. The monoisotopic (exact) mass is 363 g/mol. The SMILES string of the molecule is Cc1cccc(OCCN(C)C(C)C(=O)Nc2cccc3ncccc23)c1. The van der Waals surface area contributed by atoms with E-state index in [2.05, 4.69) is 10.3 Å². The van der Waals surface area contributed by atoms with Gasteiger partial charge in [0.05, 0.1) is 17.2 Å². The van der Waals surface area contributed by atoms with Gasteiger partial charge < -0.3 is 10.1 Å². The van der Waals surface area contributed by atoms with Crippen molar-refractivity contribution in [3.8, 4) is 5.75 Å². The van der Waals surface area contributed by atoms with E-state index in [0.717, 1.165) is 27.9 Å². The van der Waals surface area contributed by atoms with E-state index >= 15 is 0 Å². The van der Waals surface area contributed by atoms with E-state index in [1.54, 1.807) is 6.20 Å². The molecule has 5 nitrogen and oxygen atoms in total. The van der Waals surface area contributed by atoms with Gasteiger partial charge in [0.15, 0.2) is 0 Å². The van der Waals surface area contributed by atoms with Gasteiger partial charge in [0.1, 0.15) is 12.4 Å². The molecule has 0 aliphatic carbocycles. The molecule has 0 aliphatic heterocycles. The van der Waals surface area contributed by atoms with E-state index in [-0.39, 0.29) is 11.9 Å². The largest absolute Gasteiger partial charge is 0.492 e. The molecule has 0 saturated heterocycles. The second kappa shape index (κ2) is 8.64. The summed E-state index contributed by atoms with van der Waals surface area (Å²) in [6.07, 6.45) is 1.75. The Morgan fingerprint density at radius 2 is 2.00 bits per heavy atom. The van der Waals surface area contributed by atoms with Gasteiger partial charge in [-0.1, -0.05) is 18.2 Å². The van der Waals surface area contributed by atoms with Crippen LogP contribution in [0.2, 0.25) is 0 Å². The minimum absolute atomic E-state index is 0.0515. The van der Waals surface area contributed by atoms with Crippen molar-refractivity contribution < 1.29 is 9.53 Å². The van der Waals surface area contributed by atoms with Gasteiger partial charge in [0, 0.05) is 18.1 Å². The summed E-state index contributed by atoms with van der Waals surface area (Å²) >= 11 is 0. The first-order chi connectivity index (χ1) is 13.0. The molecule has 1 aromatic heterocycles. The number of carbonyl (C=O) groups is 1. The van der Waals surface area contributed by atoms with Crippen LogP contribution in [0, 0.1) is 6.92 Å². The summed E-state index contributed by atoms with van der Waals surface area (Å²) in [5.41, 5.74) is 2.81. The van der Waals surface area contributed by atoms with Crippen LogP contribution in [0.15, 0.2) is 60.8 Å². The maximum absolute atomic E-state index is 12.7. The Balaban J connectivity index is 1.56. The van der Waals surface area contributed by atoms with Crippen LogP contribution in [-0.4, -0.2) is 42.0 Å². The molecule has 0 saturated carbocycles. The maximum atomic E-state index is 12.7. The number of amides is 1. The second-order valence-electron chi connectivity index (χ2n) is 6.69. The fraction of sp³-hybridized carbons (Fsp3) is 0.273. The number of likely N-dealkylation sites (N-methyl/N-ethyl adjacent to an activating group) is 1. The van der Waals surface area contributed by atoms with Crippen LogP contribution >= 0.6 is 0 Å². The molecular weight excluding hydrogens is 338 g/mol. The average Bonchev–Trinajstić information content (AvgIpc) is 2.67. The lowest BCUT2D eigenvalue weighted by Crippen LogP contribution is -2.41. The lowest BCUT2D eigenvalue weighted by Gasteiger charge is -2.24. The topological polar surface area (TPSA) is 54.5 Å². The van der Waals surface area contributed by atoms with Gasteiger partial charge in [-0.05, 0) is 62.9 Å². The fourth-order valence-electron chi connectivity index (χ4n) is 2.86. The van der Waals surface area contributed by atoms with E-state index in [1.807, 2.05) is 80.4 Å². The fourth-order valence-corrected chi connectivity index (χ4v) is 2.86. The van der Waals surface area contributed by atoms with Crippen LogP contribution in [-0.2, 0) is 4.79 Å². The predicted molar refractivity (Wildman–Crippen MR) is 109 cm³/mol. The molecule has 1 amide bonds. The summed E-state index contributed by atoms with van der Waals surface area (Å²) in [5.74, 6) is 0.799. The van der Waals surface area contributed by atoms with Crippen molar-refractivity contribution in [2.75, 3.05) is 25.5 Å². The van der Waals surface area contributed by atoms with Crippen molar-refractivity contribution in [1.29, 1.82) is 0 Å². The van der Waals surface area contributed by atoms with Crippen LogP contribution in [0.4, 0.5) is 5.69 Å². The Bertz CT molecular complexity index is 921. The molecule has 1 unspecified atom stereocenters. The molecule has 3 rings (SSSR count). The number of nitrogens with zero attached hydrogens (tertiary/aromatic N) is 2. The van der Waals surface area contributed by atoms with E-state index in [9.17, 15) is 4.79 Å². The molecule has 27 heavy (non-hydrogen) atoms. The lowest BCUT2D eigenvalue weighted by atomic mass is 10.1. The summed E-state index contributed by atoms with van der Waals surface area (Å²) in [7, 11) is 1.93. The van der Waals surface area contributed by atoms with Gasteiger partial charge in [0.2, 0.25) is 5.91 Å². The normalized spacial score (nSPS) is 12.1. The Morgan fingerprint density at radius 1 is 1.19 bits per heavy atom. The number of pyridine rings is 1. The molecule has 1 heterocycles. The van der Waals surface area contributed by atoms with E-state index in [4.69, 9.17) is 4.74 Å². The molecule has 2 aromatic carbocycles. The summed E-state index contributed by atoms with van der Waals surface area (Å²) in [4.78, 5) is 19.0. The highest BCUT2D eigenvalue weighted by Crippen LogP contribution is 2.21. The first-order valence-electron chi connectivity index (χ1n) is 9.09. The Labute approximate surface area is 160 Å². The van der Waals surface area contributed by atoms with Crippen LogP contribution in [0.25, 0.3) is 10.9 Å². The highest BCUT2D eigenvalue weighted by atomic mass is 16.5. The number of hydrogen-bond donors (Lipinski definition) is 1. The molecule has 1 atom stereocenters. The number of carbonyl (C=O) groups excluding carboxylic acids is 1. The van der Waals surface area contributed by atoms with Crippen LogP contribution in [0.5, 0.6) is 5.75 Å². The predicted octanol–water partition coefficient (Wildman–Crippen LogP) is 3.88. The third-order valence-electron chi connectivity index (χ3n) is 4.65. The lowest BCUT2D eigenvalue weighted by molar-refractivity contribution is -0.120. The molecule has 0 fully saturated rings. The minimum Gasteiger partial charge on any atom is -0.492 e. The number of aryl methyl sites for hydroxylation is 1. The van der Waals surface area contributed by atoms with Crippen LogP contribution in [0.1, 0.15) is 12.5 Å². The maximum Gasteiger partial charge on any atom is 0.241 e. The average molecular weight is 363 g/mol. The molecule has 5 heteroatoms. The first kappa shape index (κ1) is 18.9. The molecular formula is C22H25N3O2. The van der Waals surface area contributed by atoms with Gasteiger partial charge in [0.25, 0.3) is 0 Å². The van der Waals surface area contributed by atoms with Gasteiger partial charge in [-0.25, -0.2) is 0 Å². The number of hydrogen-bond acceptors (Lipinski definition) is 4. The van der Waals surface area contributed by atoms with Crippen molar-refractivity contribution >= 4 is 22.5 Å². The third kappa shape index (κ3) is 4.83. The molecule has 0 spiro atoms. The molecule has 0 aliphatic rings. The first-order valence-corrected chi connectivity index (χ1v) is 9.09. The van der Waals surface area contributed by atoms with Crippen molar-refractivity contribution in [2.45, 2.75) is 19.9 Å². The van der Waals surface area contributed by atoms with Crippen molar-refractivity contribution in [1.82, 2.24) is 9.88 Å². The van der Waals surface area contributed by atoms with E-state index in [1.165, 1.54) is 0 Å². The van der Waals surface area contributed by atoms with Crippen molar-refractivity contribution in [3.63, 3.8) is 0 Å². The van der Waals surface area contributed by atoms with Crippen LogP contribution < -0.4 is 10.1 Å². The van der Waals surface area contributed by atoms with Gasteiger partial charge >= 0.3 is 0 Å². The second-order valence-corrected chi connectivity index (χ2v) is 6.69. The van der Waals surface area contributed by atoms with Crippen LogP contribution in [0.3, 0.4) is 0 Å². The summed E-state index contributed by atoms with van der Waals surface area (Å²) < 4.78 is 5.78. The smallest absolute Gasteiger partial charge is 0.241 e. The molecule has 1 N–H and O–H groups in total. The van der Waals surface area contributed by atoms with Crippen molar-refractivity contribution in [2.24, 2.45) is 0 Å². The highest BCUT2D eigenvalue weighted by molar-refractivity contribution is 6.02. The molecule has 0 bridgehead atoms. The number of anilines is 1. The number of aromatic nitrogens is 1. The quantitative estimate of drug-likeness (QED) is 0.692. The van der Waals surface area contributed by atoms with E-state index in [0.29, 0.717) is 13.2 Å². The minimum atomic E-state index is -0.280. The summed E-state index contributed by atoms with van der Waals surface area (Å²) in [6.45, 7) is 5.11. The third-order valence-corrected chi connectivity index (χ3v) is 4.65. The zero-order valence-electron chi connectivity index (χ0n) is 16.0. The van der Waals surface area contributed by atoms with Gasteiger partial charge in [-0.2, -0.15) is 0 Å². The molecule has 3 aromatic rings. The molecule has 140 valence electrons. The Morgan fingerprint density at radius 3 is 2.81 bits per heavy atom. The Hall–Kier alpha value is -2.92. The molecule has 0 radical (unpaired) electrons. The zero-order valence-corrected chi connectivity index (χ0v) is 16.0. The number of ether oxygens (including phenoxy) is 1.